The normalized spacial score (nSPS) is 17.1. The summed E-state index contributed by atoms with van der Waals surface area (Å²) < 4.78 is 37.5. The first-order chi connectivity index (χ1) is 9.40. The Morgan fingerprint density at radius 1 is 1.25 bits per heavy atom. The molecule has 1 heterocycles. The summed E-state index contributed by atoms with van der Waals surface area (Å²) in [5.41, 5.74) is -0.661. The number of sulfonamides is 1. The molecule has 1 saturated heterocycles. The monoisotopic (exact) mass is 302 g/mol. The van der Waals surface area contributed by atoms with Gasteiger partial charge in [0.25, 0.3) is 10.0 Å². The number of carboxylic acids is 1. The van der Waals surface area contributed by atoms with E-state index >= 15 is 0 Å². The molecular weight excluding hydrogens is 287 g/mol. The van der Waals surface area contributed by atoms with E-state index in [4.69, 9.17) is 5.11 Å². The van der Waals surface area contributed by atoms with Gasteiger partial charge in [-0.05, 0) is 31.0 Å². The molecule has 0 aromatic heterocycles. The second-order valence-electron chi connectivity index (χ2n) is 4.59. The molecule has 1 fully saturated rings. The van der Waals surface area contributed by atoms with Crippen LogP contribution in [-0.2, 0) is 10.0 Å². The molecule has 0 radical (unpaired) electrons. The van der Waals surface area contributed by atoms with E-state index in [2.05, 4.69) is 4.83 Å². The van der Waals surface area contributed by atoms with Gasteiger partial charge in [-0.25, -0.2) is 22.6 Å². The maximum atomic E-state index is 13.3. The average molecular weight is 302 g/mol. The van der Waals surface area contributed by atoms with Crippen LogP contribution in [0.4, 0.5) is 4.39 Å². The Balaban J connectivity index is 2.24. The Hall–Kier alpha value is -1.51. The Morgan fingerprint density at radius 3 is 2.50 bits per heavy atom. The highest BCUT2D eigenvalue weighted by Crippen LogP contribution is 2.16. The van der Waals surface area contributed by atoms with Gasteiger partial charge in [-0.15, -0.1) is 4.83 Å². The van der Waals surface area contributed by atoms with Crippen LogP contribution in [0.1, 0.15) is 29.6 Å². The van der Waals surface area contributed by atoms with Crippen molar-refractivity contribution >= 4 is 16.0 Å². The fourth-order valence-corrected chi connectivity index (χ4v) is 3.19. The molecule has 110 valence electrons. The van der Waals surface area contributed by atoms with Crippen molar-refractivity contribution in [3.05, 3.63) is 29.6 Å². The largest absolute Gasteiger partial charge is 0.478 e. The van der Waals surface area contributed by atoms with E-state index in [-0.39, 0.29) is 4.90 Å². The van der Waals surface area contributed by atoms with Crippen molar-refractivity contribution in [1.82, 2.24) is 9.84 Å². The third-order valence-electron chi connectivity index (χ3n) is 3.08. The van der Waals surface area contributed by atoms with Crippen LogP contribution in [0, 0.1) is 5.82 Å². The number of carboxylic acid groups (broad SMARTS) is 1. The average Bonchev–Trinajstić information content (AvgIpc) is 2.39. The number of nitrogens with zero attached hydrogens (tertiary/aromatic N) is 1. The third kappa shape index (κ3) is 3.33. The van der Waals surface area contributed by atoms with Crippen LogP contribution in [-0.4, -0.2) is 37.6 Å². The fraction of sp³-hybridized carbons (Fsp3) is 0.417. The Kier molecular flexibility index (Phi) is 4.36. The second kappa shape index (κ2) is 5.86. The van der Waals surface area contributed by atoms with Crippen LogP contribution in [0.25, 0.3) is 0 Å². The number of halogens is 1. The highest BCUT2D eigenvalue weighted by molar-refractivity contribution is 7.89. The van der Waals surface area contributed by atoms with Gasteiger partial charge < -0.3 is 5.11 Å². The summed E-state index contributed by atoms with van der Waals surface area (Å²) in [6, 6.07) is 2.71. The molecule has 0 spiro atoms. The molecule has 2 rings (SSSR count). The lowest BCUT2D eigenvalue weighted by atomic mass is 10.2. The molecule has 0 aliphatic carbocycles. The lowest BCUT2D eigenvalue weighted by Crippen LogP contribution is -2.44. The first kappa shape index (κ1) is 14.9. The molecule has 1 aliphatic heterocycles. The van der Waals surface area contributed by atoms with E-state index < -0.39 is 27.4 Å². The highest BCUT2D eigenvalue weighted by Gasteiger charge is 2.22. The Bertz CT molecular complexity index is 612. The molecule has 2 N–H and O–H groups in total. The molecule has 6 nitrogen and oxygen atoms in total. The van der Waals surface area contributed by atoms with Gasteiger partial charge in [0.05, 0.1) is 10.5 Å². The van der Waals surface area contributed by atoms with Gasteiger partial charge in [0, 0.05) is 13.1 Å². The predicted octanol–water partition coefficient (Wildman–Crippen LogP) is 1.20. The molecule has 0 amide bonds. The van der Waals surface area contributed by atoms with Gasteiger partial charge in [-0.2, -0.15) is 0 Å². The van der Waals surface area contributed by atoms with E-state index in [1.54, 1.807) is 5.01 Å². The molecule has 1 aromatic rings. The molecular formula is C12H15FN2O4S. The first-order valence-corrected chi connectivity index (χ1v) is 7.69. The standard InChI is InChI=1S/C12H15FN2O4S/c13-11-5-4-9(8-10(11)12(16)17)20(18,19)14-15-6-2-1-3-7-15/h4-5,8,14H,1-3,6-7H2,(H,16,17). The summed E-state index contributed by atoms with van der Waals surface area (Å²) in [6.07, 6.45) is 2.84. The third-order valence-corrected chi connectivity index (χ3v) is 4.46. The van der Waals surface area contributed by atoms with Gasteiger partial charge in [-0.1, -0.05) is 6.42 Å². The SMILES string of the molecule is O=C(O)c1cc(S(=O)(=O)NN2CCCCC2)ccc1F. The molecule has 8 heteroatoms. The molecule has 0 atom stereocenters. The summed E-state index contributed by atoms with van der Waals surface area (Å²) in [6.45, 7) is 1.21. The van der Waals surface area contributed by atoms with E-state index in [0.717, 1.165) is 37.5 Å². The van der Waals surface area contributed by atoms with Crippen LogP contribution in [0.3, 0.4) is 0 Å². The minimum atomic E-state index is -3.89. The zero-order chi connectivity index (χ0) is 14.8. The Morgan fingerprint density at radius 2 is 1.90 bits per heavy atom. The van der Waals surface area contributed by atoms with Crippen molar-refractivity contribution < 1.29 is 22.7 Å². The summed E-state index contributed by atoms with van der Waals surface area (Å²) in [5, 5.41) is 10.4. The van der Waals surface area contributed by atoms with Crippen molar-refractivity contribution in [2.24, 2.45) is 0 Å². The van der Waals surface area contributed by atoms with Crippen molar-refractivity contribution in [3.8, 4) is 0 Å². The number of rotatable bonds is 4. The van der Waals surface area contributed by atoms with E-state index in [1.165, 1.54) is 0 Å². The maximum Gasteiger partial charge on any atom is 0.338 e. The van der Waals surface area contributed by atoms with Gasteiger partial charge >= 0.3 is 5.97 Å². The topological polar surface area (TPSA) is 86.7 Å². The van der Waals surface area contributed by atoms with Crippen LogP contribution in [0.15, 0.2) is 23.1 Å². The van der Waals surface area contributed by atoms with E-state index in [0.29, 0.717) is 13.1 Å². The minimum absolute atomic E-state index is 0.262. The van der Waals surface area contributed by atoms with Gasteiger partial charge in [0.2, 0.25) is 0 Å². The van der Waals surface area contributed by atoms with E-state index in [1.807, 2.05) is 0 Å². The number of aromatic carboxylic acids is 1. The zero-order valence-corrected chi connectivity index (χ0v) is 11.5. The fourth-order valence-electron chi connectivity index (χ4n) is 2.04. The number of hydrazine groups is 1. The van der Waals surface area contributed by atoms with Crippen molar-refractivity contribution in [2.45, 2.75) is 24.2 Å². The molecule has 1 aliphatic rings. The number of nitrogens with one attached hydrogen (secondary N) is 1. The summed E-state index contributed by atoms with van der Waals surface area (Å²) in [7, 11) is -3.89. The van der Waals surface area contributed by atoms with E-state index in [9.17, 15) is 17.6 Å². The van der Waals surface area contributed by atoms with Crippen LogP contribution < -0.4 is 4.83 Å². The van der Waals surface area contributed by atoms with Gasteiger partial charge in [0.1, 0.15) is 5.82 Å². The second-order valence-corrected chi connectivity index (χ2v) is 6.25. The number of piperidine rings is 1. The highest BCUT2D eigenvalue weighted by atomic mass is 32.2. The van der Waals surface area contributed by atoms with Gasteiger partial charge in [0.15, 0.2) is 0 Å². The number of hydrogen-bond acceptors (Lipinski definition) is 4. The lowest BCUT2D eigenvalue weighted by molar-refractivity contribution is 0.0691. The quantitative estimate of drug-likeness (QED) is 0.873. The van der Waals surface area contributed by atoms with Crippen molar-refractivity contribution in [2.75, 3.05) is 13.1 Å². The zero-order valence-electron chi connectivity index (χ0n) is 10.7. The number of hydrogen-bond donors (Lipinski definition) is 2. The minimum Gasteiger partial charge on any atom is -0.478 e. The van der Waals surface area contributed by atoms with Crippen LogP contribution >= 0.6 is 0 Å². The first-order valence-electron chi connectivity index (χ1n) is 6.20. The van der Waals surface area contributed by atoms with Crippen LogP contribution in [0.5, 0.6) is 0 Å². The molecule has 0 unspecified atom stereocenters. The number of benzene rings is 1. The Labute approximate surface area is 116 Å². The molecule has 0 saturated carbocycles. The van der Waals surface area contributed by atoms with Crippen LogP contribution in [0.2, 0.25) is 0 Å². The molecule has 20 heavy (non-hydrogen) atoms. The van der Waals surface area contributed by atoms with Crippen molar-refractivity contribution in [3.63, 3.8) is 0 Å². The maximum absolute atomic E-state index is 13.3. The van der Waals surface area contributed by atoms with Crippen molar-refractivity contribution in [1.29, 1.82) is 0 Å². The summed E-state index contributed by atoms with van der Waals surface area (Å²) in [4.78, 5) is 13.0. The predicted molar refractivity (Wildman–Crippen MR) is 69.1 cm³/mol. The summed E-state index contributed by atoms with van der Waals surface area (Å²) in [5.74, 6) is -2.47. The molecule has 1 aromatic carbocycles. The van der Waals surface area contributed by atoms with Gasteiger partial charge in [-0.3, -0.25) is 0 Å². The number of carbonyl (C=O) groups is 1. The smallest absolute Gasteiger partial charge is 0.338 e. The molecule has 0 bridgehead atoms. The summed E-state index contributed by atoms with van der Waals surface area (Å²) >= 11 is 0. The lowest BCUT2D eigenvalue weighted by Gasteiger charge is -2.26.